The van der Waals surface area contributed by atoms with Crippen LogP contribution >= 0.6 is 0 Å². The van der Waals surface area contributed by atoms with Crippen molar-refractivity contribution in [2.45, 2.75) is 57.9 Å². The van der Waals surface area contributed by atoms with Crippen LogP contribution in [0.3, 0.4) is 0 Å². The van der Waals surface area contributed by atoms with Crippen molar-refractivity contribution >= 4 is 11.8 Å². The summed E-state index contributed by atoms with van der Waals surface area (Å²) in [5.74, 6) is 2.46. The number of hydrogen-bond acceptors (Lipinski definition) is 5. The van der Waals surface area contributed by atoms with Gasteiger partial charge in [0, 0.05) is 32.0 Å². The lowest BCUT2D eigenvalue weighted by atomic mass is 9.97. The van der Waals surface area contributed by atoms with Crippen molar-refractivity contribution in [3.8, 4) is 5.75 Å². The molecule has 166 valence electrons. The van der Waals surface area contributed by atoms with Gasteiger partial charge in [0.15, 0.2) is 0 Å². The van der Waals surface area contributed by atoms with E-state index in [4.69, 9.17) is 4.74 Å². The molecule has 8 nitrogen and oxygen atoms in total. The van der Waals surface area contributed by atoms with E-state index in [2.05, 4.69) is 20.1 Å². The van der Waals surface area contributed by atoms with E-state index in [9.17, 15) is 9.59 Å². The van der Waals surface area contributed by atoms with Crippen molar-refractivity contribution in [3.63, 3.8) is 0 Å². The van der Waals surface area contributed by atoms with Gasteiger partial charge in [-0.3, -0.25) is 9.59 Å². The number of nitrogens with one attached hydrogen (secondary N) is 1. The van der Waals surface area contributed by atoms with Gasteiger partial charge in [-0.15, -0.1) is 10.2 Å². The van der Waals surface area contributed by atoms with Crippen LogP contribution in [0.15, 0.2) is 24.3 Å². The number of benzene rings is 1. The maximum Gasteiger partial charge on any atom is 0.255 e. The van der Waals surface area contributed by atoms with Crippen LogP contribution in [-0.2, 0) is 17.8 Å². The number of ether oxygens (including phenoxy) is 1. The van der Waals surface area contributed by atoms with Gasteiger partial charge in [-0.1, -0.05) is 18.6 Å². The summed E-state index contributed by atoms with van der Waals surface area (Å²) in [5, 5.41) is 11.7. The first-order chi connectivity index (χ1) is 15.2. The Kier molecular flexibility index (Phi) is 6.84. The second kappa shape index (κ2) is 9.94. The predicted octanol–water partition coefficient (Wildman–Crippen LogP) is 2.54. The van der Waals surface area contributed by atoms with Crippen LogP contribution in [0.5, 0.6) is 5.75 Å². The molecule has 0 spiro atoms. The van der Waals surface area contributed by atoms with Crippen molar-refractivity contribution < 1.29 is 14.3 Å². The Morgan fingerprint density at radius 2 is 2.00 bits per heavy atom. The molecule has 3 heterocycles. The van der Waals surface area contributed by atoms with Crippen LogP contribution < -0.4 is 10.1 Å². The lowest BCUT2D eigenvalue weighted by Gasteiger charge is -2.32. The number of fused-ring (bicyclic) bond motifs is 1. The lowest BCUT2D eigenvalue weighted by Crippen LogP contribution is -2.45. The summed E-state index contributed by atoms with van der Waals surface area (Å²) in [5.41, 5.74) is 0.444. The molecule has 8 heteroatoms. The summed E-state index contributed by atoms with van der Waals surface area (Å²) in [6.45, 7) is 4.63. The van der Waals surface area contributed by atoms with Gasteiger partial charge in [0.2, 0.25) is 5.91 Å². The van der Waals surface area contributed by atoms with Crippen molar-refractivity contribution in [2.75, 3.05) is 26.2 Å². The first-order valence-electron chi connectivity index (χ1n) is 11.4. The molecule has 31 heavy (non-hydrogen) atoms. The van der Waals surface area contributed by atoms with Gasteiger partial charge in [-0.25, -0.2) is 0 Å². The maximum absolute atomic E-state index is 12.8. The number of likely N-dealkylation sites (tertiary alicyclic amines) is 1. The Morgan fingerprint density at radius 1 is 1.13 bits per heavy atom. The predicted molar refractivity (Wildman–Crippen MR) is 116 cm³/mol. The number of para-hydroxylation sites is 1. The smallest absolute Gasteiger partial charge is 0.255 e. The van der Waals surface area contributed by atoms with E-state index in [0.717, 1.165) is 43.9 Å². The second-order valence-electron chi connectivity index (χ2n) is 8.23. The van der Waals surface area contributed by atoms with Gasteiger partial charge in [0.05, 0.1) is 18.7 Å². The molecule has 1 atom stereocenters. The van der Waals surface area contributed by atoms with E-state index in [-0.39, 0.29) is 24.3 Å². The van der Waals surface area contributed by atoms with Gasteiger partial charge < -0.3 is 19.5 Å². The number of carbonyl (C=O) groups excluding carboxylic acids is 2. The highest BCUT2D eigenvalue weighted by molar-refractivity contribution is 5.98. The fourth-order valence-corrected chi connectivity index (χ4v) is 4.52. The highest BCUT2D eigenvalue weighted by atomic mass is 16.5. The highest BCUT2D eigenvalue weighted by Crippen LogP contribution is 2.28. The molecule has 1 aromatic heterocycles. The van der Waals surface area contributed by atoms with Gasteiger partial charge in [-0.2, -0.15) is 0 Å². The van der Waals surface area contributed by atoms with Gasteiger partial charge >= 0.3 is 0 Å². The number of piperidine rings is 1. The van der Waals surface area contributed by atoms with Crippen LogP contribution in [0.4, 0.5) is 0 Å². The molecule has 0 saturated carbocycles. The van der Waals surface area contributed by atoms with E-state index in [1.807, 2.05) is 17.9 Å². The van der Waals surface area contributed by atoms with Gasteiger partial charge in [0.1, 0.15) is 17.4 Å². The topological polar surface area (TPSA) is 89.3 Å². The minimum atomic E-state index is -0.297. The standard InChI is InChI=1S/C23H31N5O3/c1-2-31-19-11-6-5-10-18(19)23(30)24-15-21(29)27-13-8-9-17(16-27)22-26-25-20-12-4-3-7-14-28(20)22/h5-6,10-11,17H,2-4,7-9,12-16H2,1H3,(H,24,30)/t17-/m0/s1. The summed E-state index contributed by atoms with van der Waals surface area (Å²) < 4.78 is 7.80. The van der Waals surface area contributed by atoms with E-state index < -0.39 is 0 Å². The summed E-state index contributed by atoms with van der Waals surface area (Å²) in [4.78, 5) is 27.3. The maximum atomic E-state index is 12.8. The number of aromatic nitrogens is 3. The molecule has 2 aromatic rings. The van der Waals surface area contributed by atoms with Crippen molar-refractivity contribution in [2.24, 2.45) is 0 Å². The molecule has 0 bridgehead atoms. The third-order valence-electron chi connectivity index (χ3n) is 6.11. The number of amides is 2. The average Bonchev–Trinajstić information content (AvgIpc) is 3.06. The first kappa shape index (κ1) is 21.3. The average molecular weight is 426 g/mol. The van der Waals surface area contributed by atoms with Crippen molar-refractivity contribution in [3.05, 3.63) is 41.5 Å². The van der Waals surface area contributed by atoms with Gasteiger partial charge in [-0.05, 0) is 44.7 Å². The van der Waals surface area contributed by atoms with E-state index in [1.165, 1.54) is 12.8 Å². The fraction of sp³-hybridized carbons (Fsp3) is 0.565. The third kappa shape index (κ3) is 4.89. The molecule has 2 amide bonds. The molecule has 1 N–H and O–H groups in total. The lowest BCUT2D eigenvalue weighted by molar-refractivity contribution is -0.131. The van der Waals surface area contributed by atoms with Crippen LogP contribution in [0, 0.1) is 0 Å². The molecule has 1 saturated heterocycles. The molecule has 0 aliphatic carbocycles. The minimum Gasteiger partial charge on any atom is -0.493 e. The summed E-state index contributed by atoms with van der Waals surface area (Å²) >= 11 is 0. The van der Waals surface area contributed by atoms with Crippen molar-refractivity contribution in [1.29, 1.82) is 0 Å². The number of hydrogen-bond donors (Lipinski definition) is 1. The van der Waals surface area contributed by atoms with E-state index >= 15 is 0 Å². The molecule has 1 aromatic carbocycles. The molecule has 1 fully saturated rings. The Morgan fingerprint density at radius 3 is 2.87 bits per heavy atom. The monoisotopic (exact) mass is 425 g/mol. The molecule has 4 rings (SSSR count). The SMILES string of the molecule is CCOc1ccccc1C(=O)NCC(=O)N1CCC[C@H](c2nnc3n2CCCCC3)C1. The molecule has 0 radical (unpaired) electrons. The molecule has 0 unspecified atom stereocenters. The Hall–Kier alpha value is -2.90. The summed E-state index contributed by atoms with van der Waals surface area (Å²) in [6.07, 6.45) is 6.47. The Labute approximate surface area is 183 Å². The number of carbonyl (C=O) groups is 2. The zero-order chi connectivity index (χ0) is 21.6. The zero-order valence-electron chi connectivity index (χ0n) is 18.2. The normalized spacial score (nSPS) is 18.7. The Bertz CT molecular complexity index is 926. The van der Waals surface area contributed by atoms with E-state index in [1.54, 1.807) is 18.2 Å². The van der Waals surface area contributed by atoms with E-state index in [0.29, 0.717) is 31.0 Å². The fourth-order valence-electron chi connectivity index (χ4n) is 4.52. The number of nitrogens with zero attached hydrogens (tertiary/aromatic N) is 4. The van der Waals surface area contributed by atoms with Crippen LogP contribution in [0.1, 0.15) is 67.0 Å². The minimum absolute atomic E-state index is 0.0239. The largest absolute Gasteiger partial charge is 0.493 e. The molecule has 2 aliphatic rings. The summed E-state index contributed by atoms with van der Waals surface area (Å²) in [6, 6.07) is 7.08. The highest BCUT2D eigenvalue weighted by Gasteiger charge is 2.29. The number of aryl methyl sites for hydroxylation is 1. The van der Waals surface area contributed by atoms with Crippen LogP contribution in [0.2, 0.25) is 0 Å². The quantitative estimate of drug-likeness (QED) is 0.768. The van der Waals surface area contributed by atoms with Crippen LogP contribution in [-0.4, -0.2) is 57.7 Å². The first-order valence-corrected chi connectivity index (χ1v) is 11.4. The van der Waals surface area contributed by atoms with Crippen LogP contribution in [0.25, 0.3) is 0 Å². The number of rotatable bonds is 6. The Balaban J connectivity index is 1.36. The summed E-state index contributed by atoms with van der Waals surface area (Å²) in [7, 11) is 0. The molecular weight excluding hydrogens is 394 g/mol. The molecular formula is C23H31N5O3. The third-order valence-corrected chi connectivity index (χ3v) is 6.11. The second-order valence-corrected chi connectivity index (χ2v) is 8.23. The van der Waals surface area contributed by atoms with Gasteiger partial charge in [0.25, 0.3) is 5.91 Å². The molecule has 2 aliphatic heterocycles. The zero-order valence-corrected chi connectivity index (χ0v) is 18.2. The van der Waals surface area contributed by atoms with Crippen molar-refractivity contribution in [1.82, 2.24) is 25.0 Å².